The van der Waals surface area contributed by atoms with Crippen molar-refractivity contribution in [2.24, 2.45) is 0 Å². The highest BCUT2D eigenvalue weighted by Crippen LogP contribution is 2.38. The molecule has 41 heavy (non-hydrogen) atoms. The van der Waals surface area contributed by atoms with Crippen molar-refractivity contribution in [2.75, 3.05) is 17.2 Å². The lowest BCUT2D eigenvalue weighted by Crippen LogP contribution is -2.48. The number of hydrogen-bond acceptors (Lipinski definition) is 4. The van der Waals surface area contributed by atoms with Crippen LogP contribution in [0.15, 0.2) is 53.7 Å². The van der Waals surface area contributed by atoms with Crippen LogP contribution in [-0.4, -0.2) is 35.6 Å². The number of esters is 1. The van der Waals surface area contributed by atoms with E-state index in [1.807, 2.05) is 12.2 Å². The minimum atomic E-state index is -5.08. The lowest BCUT2D eigenvalue weighted by atomic mass is 9.94. The van der Waals surface area contributed by atoms with Crippen molar-refractivity contribution in [3.63, 3.8) is 0 Å². The monoisotopic (exact) mass is 586 g/mol. The van der Waals surface area contributed by atoms with Crippen molar-refractivity contribution < 1.29 is 45.5 Å². The predicted octanol–water partition coefficient (Wildman–Crippen LogP) is 7.07. The van der Waals surface area contributed by atoms with Crippen LogP contribution >= 0.6 is 0 Å². The molecule has 1 aliphatic rings. The fraction of sp³-hybridized carbons (Fsp3) is 0.370. The Morgan fingerprint density at radius 3 is 2.10 bits per heavy atom. The Morgan fingerprint density at radius 1 is 0.976 bits per heavy atom. The van der Waals surface area contributed by atoms with Crippen molar-refractivity contribution in [3.05, 3.63) is 70.4 Å². The molecule has 0 spiro atoms. The number of anilines is 2. The molecular formula is C27H28F6N4O4. The van der Waals surface area contributed by atoms with Gasteiger partial charge in [0.2, 0.25) is 0 Å². The maximum absolute atomic E-state index is 13.2. The third-order valence-corrected chi connectivity index (χ3v) is 5.93. The number of amides is 4. The summed E-state index contributed by atoms with van der Waals surface area (Å²) in [6.07, 6.45) is -10.0. The summed E-state index contributed by atoms with van der Waals surface area (Å²) in [6, 6.07) is 4.03. The van der Waals surface area contributed by atoms with Gasteiger partial charge in [0.25, 0.3) is 0 Å². The number of halogens is 6. The maximum atomic E-state index is 13.2. The Balaban J connectivity index is 1.90. The summed E-state index contributed by atoms with van der Waals surface area (Å²) in [5, 5.41) is 7.08. The zero-order valence-electron chi connectivity index (χ0n) is 22.5. The molecule has 0 radical (unpaired) electrons. The van der Waals surface area contributed by atoms with Crippen molar-refractivity contribution in [3.8, 4) is 0 Å². The van der Waals surface area contributed by atoms with Gasteiger partial charge < -0.3 is 20.7 Å². The minimum absolute atomic E-state index is 0.0515. The zero-order valence-corrected chi connectivity index (χ0v) is 22.5. The normalized spacial score (nSPS) is 16.0. The Morgan fingerprint density at radius 2 is 1.56 bits per heavy atom. The van der Waals surface area contributed by atoms with Gasteiger partial charge in [-0.2, -0.15) is 26.3 Å². The van der Waals surface area contributed by atoms with Gasteiger partial charge in [-0.1, -0.05) is 19.1 Å². The van der Waals surface area contributed by atoms with Gasteiger partial charge in [0.1, 0.15) is 0 Å². The third kappa shape index (κ3) is 7.70. The summed E-state index contributed by atoms with van der Waals surface area (Å²) in [7, 11) is 0. The third-order valence-electron chi connectivity index (χ3n) is 5.93. The first-order chi connectivity index (χ1) is 19.0. The molecule has 222 valence electrons. The van der Waals surface area contributed by atoms with Gasteiger partial charge in [-0.25, -0.2) is 14.4 Å². The number of carbonyl (C=O) groups is 3. The van der Waals surface area contributed by atoms with Crippen molar-refractivity contribution in [1.82, 2.24) is 10.2 Å². The fourth-order valence-corrected chi connectivity index (χ4v) is 4.18. The molecule has 2 aromatic carbocycles. The van der Waals surface area contributed by atoms with Crippen LogP contribution in [0, 0.1) is 0 Å². The number of carbonyl (C=O) groups excluding carboxylic acids is 3. The van der Waals surface area contributed by atoms with E-state index in [0.717, 1.165) is 0 Å². The van der Waals surface area contributed by atoms with Crippen LogP contribution in [0.3, 0.4) is 0 Å². The fourth-order valence-electron chi connectivity index (χ4n) is 4.18. The molecule has 1 aliphatic heterocycles. The second kappa shape index (κ2) is 12.1. The van der Waals surface area contributed by atoms with E-state index in [-0.39, 0.29) is 17.3 Å². The zero-order chi connectivity index (χ0) is 30.7. The number of allylic oxidation sites excluding steroid dienone is 1. The van der Waals surface area contributed by atoms with E-state index in [1.54, 1.807) is 26.8 Å². The lowest BCUT2D eigenvalue weighted by Gasteiger charge is -2.35. The van der Waals surface area contributed by atoms with Crippen molar-refractivity contribution in [1.29, 1.82) is 0 Å². The van der Waals surface area contributed by atoms with E-state index in [9.17, 15) is 40.7 Å². The standard InChI is InChI=1S/C27H28F6N4O4/c1-5-9-37-15(4)21(23(38)41-14(2)3)22(36-25(37)40)16-7-6-8-19(10-16)34-24(39)35-20-12-17(26(28,29)30)11-18(13-20)27(31,32)33/h6-8,10-14,22H,5,9H2,1-4H3,(H,36,40)(H2,34,35,39). The Labute approximate surface area is 231 Å². The van der Waals surface area contributed by atoms with Crippen molar-refractivity contribution >= 4 is 29.4 Å². The minimum Gasteiger partial charge on any atom is -0.459 e. The number of hydrogen-bond donors (Lipinski definition) is 3. The molecule has 0 saturated heterocycles. The molecule has 0 aromatic heterocycles. The molecule has 0 aliphatic carbocycles. The molecule has 0 fully saturated rings. The summed E-state index contributed by atoms with van der Waals surface area (Å²) in [4.78, 5) is 39.8. The summed E-state index contributed by atoms with van der Waals surface area (Å²) in [6.45, 7) is 7.15. The highest BCUT2D eigenvalue weighted by molar-refractivity contribution is 6.00. The second-order valence-electron chi connectivity index (χ2n) is 9.49. The first-order valence-electron chi connectivity index (χ1n) is 12.5. The summed E-state index contributed by atoms with van der Waals surface area (Å²) < 4.78 is 84.3. The average Bonchev–Trinajstić information content (AvgIpc) is 2.84. The molecule has 1 atom stereocenters. The first-order valence-corrected chi connectivity index (χ1v) is 12.5. The molecule has 2 aromatic rings. The summed E-state index contributed by atoms with van der Waals surface area (Å²) in [5.41, 5.74) is -2.91. The number of alkyl halides is 6. The van der Waals surface area contributed by atoms with E-state index in [1.165, 1.54) is 23.1 Å². The van der Waals surface area contributed by atoms with E-state index in [2.05, 4.69) is 10.6 Å². The Bertz CT molecular complexity index is 1320. The molecule has 1 heterocycles. The number of nitrogens with zero attached hydrogens (tertiary/aromatic N) is 1. The number of nitrogens with one attached hydrogen (secondary N) is 3. The maximum Gasteiger partial charge on any atom is 0.416 e. The van der Waals surface area contributed by atoms with E-state index in [4.69, 9.17) is 4.74 Å². The lowest BCUT2D eigenvalue weighted by molar-refractivity contribution is -0.144. The van der Waals surface area contributed by atoms with Crippen LogP contribution in [0.25, 0.3) is 0 Å². The SMILES string of the molecule is CCCN1C(=O)NC(c2cccc(NC(=O)Nc3cc(C(F)(F)F)cc(C(F)(F)F)c3)c2)C(C(=O)OC(C)C)=C1C. The number of rotatable bonds is 7. The van der Waals surface area contributed by atoms with Gasteiger partial charge in [-0.05, 0) is 63.1 Å². The quantitative estimate of drug-likeness (QED) is 0.239. The molecule has 3 rings (SSSR count). The largest absolute Gasteiger partial charge is 0.459 e. The molecule has 1 unspecified atom stereocenters. The van der Waals surface area contributed by atoms with E-state index >= 15 is 0 Å². The molecule has 4 amide bonds. The van der Waals surface area contributed by atoms with Gasteiger partial charge >= 0.3 is 30.4 Å². The molecule has 0 bridgehead atoms. The smallest absolute Gasteiger partial charge is 0.416 e. The van der Waals surface area contributed by atoms with E-state index < -0.39 is 59.3 Å². The van der Waals surface area contributed by atoms with Crippen LogP contribution in [0.4, 0.5) is 47.3 Å². The number of ether oxygens (including phenoxy) is 1. The molecule has 8 nitrogen and oxygen atoms in total. The van der Waals surface area contributed by atoms with Crippen LogP contribution in [0.2, 0.25) is 0 Å². The predicted molar refractivity (Wildman–Crippen MR) is 138 cm³/mol. The van der Waals surface area contributed by atoms with Crippen LogP contribution in [0.1, 0.15) is 56.8 Å². The van der Waals surface area contributed by atoms with E-state index in [0.29, 0.717) is 36.4 Å². The van der Waals surface area contributed by atoms with Gasteiger partial charge in [-0.15, -0.1) is 0 Å². The van der Waals surface area contributed by atoms with Crippen LogP contribution in [-0.2, 0) is 21.9 Å². The van der Waals surface area contributed by atoms with Gasteiger partial charge in [0.15, 0.2) is 0 Å². The van der Waals surface area contributed by atoms with Gasteiger partial charge in [-0.3, -0.25) is 4.90 Å². The molecular weight excluding hydrogens is 558 g/mol. The van der Waals surface area contributed by atoms with Crippen molar-refractivity contribution in [2.45, 2.75) is 58.6 Å². The molecule has 3 N–H and O–H groups in total. The number of urea groups is 2. The average molecular weight is 587 g/mol. The number of benzene rings is 2. The first kappa shape index (κ1) is 31.3. The molecule has 0 saturated carbocycles. The topological polar surface area (TPSA) is 99.8 Å². The Kier molecular flexibility index (Phi) is 9.24. The van der Waals surface area contributed by atoms with Gasteiger partial charge in [0.05, 0.1) is 28.8 Å². The van der Waals surface area contributed by atoms with Crippen LogP contribution < -0.4 is 16.0 Å². The molecule has 14 heteroatoms. The van der Waals surface area contributed by atoms with Crippen LogP contribution in [0.5, 0.6) is 0 Å². The summed E-state index contributed by atoms with van der Waals surface area (Å²) >= 11 is 0. The highest BCUT2D eigenvalue weighted by Gasteiger charge is 2.38. The van der Waals surface area contributed by atoms with Gasteiger partial charge in [0, 0.05) is 23.6 Å². The highest BCUT2D eigenvalue weighted by atomic mass is 19.4. The Hall–Kier alpha value is -4.23. The summed E-state index contributed by atoms with van der Waals surface area (Å²) in [5.74, 6) is -0.662. The second-order valence-corrected chi connectivity index (χ2v) is 9.49.